The highest BCUT2D eigenvalue weighted by Gasteiger charge is 2.28. The zero-order chi connectivity index (χ0) is 17.1. The number of nitrogens with zero attached hydrogens (tertiary/aromatic N) is 4. The molecule has 2 aromatic heterocycles. The molecule has 3 aromatic rings. The van der Waals surface area contributed by atoms with Gasteiger partial charge in [0.25, 0.3) is 0 Å². The highest BCUT2D eigenvalue weighted by molar-refractivity contribution is 7.09. The predicted octanol–water partition coefficient (Wildman–Crippen LogP) is 3.16. The number of hydrogen-bond acceptors (Lipinski definition) is 4. The van der Waals surface area contributed by atoms with Crippen LogP contribution >= 0.6 is 11.3 Å². The molecule has 1 N–H and O–H groups in total. The summed E-state index contributed by atoms with van der Waals surface area (Å²) in [5, 5.41) is 13.5. The molecule has 1 aromatic carbocycles. The van der Waals surface area contributed by atoms with Gasteiger partial charge in [0.15, 0.2) is 0 Å². The van der Waals surface area contributed by atoms with Gasteiger partial charge in [-0.25, -0.2) is 9.48 Å². The van der Waals surface area contributed by atoms with Gasteiger partial charge in [-0.05, 0) is 17.9 Å². The van der Waals surface area contributed by atoms with Gasteiger partial charge in [-0.3, -0.25) is 0 Å². The summed E-state index contributed by atoms with van der Waals surface area (Å²) >= 11 is 1.65. The number of likely N-dealkylation sites (tertiary alicyclic amines) is 1. The molecule has 1 fully saturated rings. The van der Waals surface area contributed by atoms with Crippen LogP contribution in [0.25, 0.3) is 11.3 Å². The molecule has 7 heteroatoms. The third-order valence-electron chi connectivity index (χ3n) is 4.40. The van der Waals surface area contributed by atoms with Crippen molar-refractivity contribution in [3.63, 3.8) is 0 Å². The van der Waals surface area contributed by atoms with Crippen molar-refractivity contribution in [2.24, 2.45) is 0 Å². The third kappa shape index (κ3) is 3.56. The largest absolute Gasteiger partial charge is 0.333 e. The van der Waals surface area contributed by atoms with Gasteiger partial charge in [0.05, 0.1) is 18.8 Å². The summed E-state index contributed by atoms with van der Waals surface area (Å²) < 4.78 is 1.88. The predicted molar refractivity (Wildman–Crippen MR) is 97.2 cm³/mol. The van der Waals surface area contributed by atoms with Crippen LogP contribution in [0.2, 0.25) is 0 Å². The molecular formula is C18H19N5OS. The maximum Gasteiger partial charge on any atom is 0.317 e. The van der Waals surface area contributed by atoms with Gasteiger partial charge >= 0.3 is 6.03 Å². The van der Waals surface area contributed by atoms with Crippen LogP contribution in [0.3, 0.4) is 0 Å². The number of nitrogens with one attached hydrogen (secondary N) is 1. The molecule has 0 spiro atoms. The number of thiophene rings is 1. The van der Waals surface area contributed by atoms with E-state index in [0.717, 1.165) is 29.1 Å². The number of benzene rings is 1. The quantitative estimate of drug-likeness (QED) is 0.784. The van der Waals surface area contributed by atoms with Crippen molar-refractivity contribution in [3.05, 3.63) is 58.9 Å². The molecule has 1 saturated heterocycles. The number of hydrogen-bond donors (Lipinski definition) is 1. The van der Waals surface area contributed by atoms with E-state index in [-0.39, 0.29) is 12.1 Å². The Hall–Kier alpha value is -2.67. The van der Waals surface area contributed by atoms with E-state index in [4.69, 9.17) is 0 Å². The van der Waals surface area contributed by atoms with Crippen LogP contribution in [-0.2, 0) is 6.54 Å². The Morgan fingerprint density at radius 3 is 2.92 bits per heavy atom. The van der Waals surface area contributed by atoms with E-state index in [1.54, 1.807) is 11.3 Å². The second-order valence-electron chi connectivity index (χ2n) is 6.08. The SMILES string of the molecule is O=C(NCc1cccs1)N1CCC(n2cc(-c3ccccc3)nn2)C1. The van der Waals surface area contributed by atoms with E-state index in [1.165, 1.54) is 0 Å². The minimum Gasteiger partial charge on any atom is -0.333 e. The van der Waals surface area contributed by atoms with Gasteiger partial charge in [0.1, 0.15) is 5.69 Å². The van der Waals surface area contributed by atoms with Crippen LogP contribution in [0.5, 0.6) is 0 Å². The number of urea groups is 1. The third-order valence-corrected chi connectivity index (χ3v) is 5.27. The van der Waals surface area contributed by atoms with E-state index in [9.17, 15) is 4.79 Å². The molecule has 0 bridgehead atoms. The summed E-state index contributed by atoms with van der Waals surface area (Å²) in [6.45, 7) is 1.98. The summed E-state index contributed by atoms with van der Waals surface area (Å²) in [7, 11) is 0. The second-order valence-corrected chi connectivity index (χ2v) is 7.11. The van der Waals surface area contributed by atoms with Crippen LogP contribution in [-0.4, -0.2) is 39.0 Å². The van der Waals surface area contributed by atoms with E-state index in [2.05, 4.69) is 15.6 Å². The normalized spacial score (nSPS) is 17.0. The Morgan fingerprint density at radius 2 is 2.12 bits per heavy atom. The van der Waals surface area contributed by atoms with Crippen molar-refractivity contribution < 1.29 is 4.79 Å². The lowest BCUT2D eigenvalue weighted by atomic mass is 10.2. The van der Waals surface area contributed by atoms with Gasteiger partial charge in [-0.1, -0.05) is 41.6 Å². The van der Waals surface area contributed by atoms with Crippen molar-refractivity contribution >= 4 is 17.4 Å². The Labute approximate surface area is 150 Å². The molecule has 0 radical (unpaired) electrons. The topological polar surface area (TPSA) is 63.1 Å². The molecule has 25 heavy (non-hydrogen) atoms. The lowest BCUT2D eigenvalue weighted by Gasteiger charge is -2.17. The maximum absolute atomic E-state index is 12.3. The number of rotatable bonds is 4. The number of carbonyl (C=O) groups is 1. The van der Waals surface area contributed by atoms with Crippen molar-refractivity contribution in [2.75, 3.05) is 13.1 Å². The summed E-state index contributed by atoms with van der Waals surface area (Å²) in [5.41, 5.74) is 1.92. The zero-order valence-corrected chi connectivity index (χ0v) is 14.5. The molecule has 0 saturated carbocycles. The Balaban J connectivity index is 1.36. The first-order chi connectivity index (χ1) is 12.3. The molecule has 0 aliphatic carbocycles. The van der Waals surface area contributed by atoms with Crippen molar-refractivity contribution in [2.45, 2.75) is 19.0 Å². The molecule has 3 heterocycles. The average Bonchev–Trinajstić information content (AvgIpc) is 3.41. The highest BCUT2D eigenvalue weighted by atomic mass is 32.1. The fourth-order valence-corrected chi connectivity index (χ4v) is 3.67. The molecule has 1 aliphatic rings. The Bertz CT molecular complexity index is 830. The first kappa shape index (κ1) is 15.8. The van der Waals surface area contributed by atoms with Gasteiger partial charge < -0.3 is 10.2 Å². The smallest absolute Gasteiger partial charge is 0.317 e. The number of carbonyl (C=O) groups excluding carboxylic acids is 1. The van der Waals surface area contributed by atoms with Crippen LogP contribution in [0.1, 0.15) is 17.3 Å². The molecule has 128 valence electrons. The number of amides is 2. The Kier molecular flexibility index (Phi) is 4.47. The van der Waals surface area contributed by atoms with E-state index in [1.807, 2.05) is 63.6 Å². The van der Waals surface area contributed by atoms with E-state index < -0.39 is 0 Å². The standard InChI is InChI=1S/C18H19N5OS/c24-18(19-11-16-7-4-10-25-16)22-9-8-15(12-22)23-13-17(20-21-23)14-5-2-1-3-6-14/h1-7,10,13,15H,8-9,11-12H2,(H,19,24). The van der Waals surface area contributed by atoms with Crippen LogP contribution < -0.4 is 5.32 Å². The lowest BCUT2D eigenvalue weighted by Crippen LogP contribution is -2.38. The molecule has 2 amide bonds. The molecule has 4 rings (SSSR count). The van der Waals surface area contributed by atoms with Crippen molar-refractivity contribution in [1.82, 2.24) is 25.2 Å². The van der Waals surface area contributed by atoms with Gasteiger partial charge in [-0.2, -0.15) is 0 Å². The zero-order valence-electron chi connectivity index (χ0n) is 13.7. The summed E-state index contributed by atoms with van der Waals surface area (Å²) in [5.74, 6) is 0. The first-order valence-electron chi connectivity index (χ1n) is 8.32. The second kappa shape index (κ2) is 7.06. The minimum atomic E-state index is -0.0145. The first-order valence-corrected chi connectivity index (χ1v) is 9.20. The fourth-order valence-electron chi connectivity index (χ4n) is 3.03. The van der Waals surface area contributed by atoms with E-state index >= 15 is 0 Å². The van der Waals surface area contributed by atoms with Crippen LogP contribution in [0.15, 0.2) is 54.0 Å². The summed E-state index contributed by atoms with van der Waals surface area (Å²) in [4.78, 5) is 15.3. The molecular weight excluding hydrogens is 334 g/mol. The Morgan fingerprint density at radius 1 is 1.24 bits per heavy atom. The summed E-state index contributed by atoms with van der Waals surface area (Å²) in [6, 6.07) is 14.2. The van der Waals surface area contributed by atoms with Gasteiger partial charge in [-0.15, -0.1) is 16.4 Å². The lowest BCUT2D eigenvalue weighted by molar-refractivity contribution is 0.206. The molecule has 1 atom stereocenters. The molecule has 6 nitrogen and oxygen atoms in total. The van der Waals surface area contributed by atoms with Gasteiger partial charge in [0.2, 0.25) is 0 Å². The maximum atomic E-state index is 12.3. The van der Waals surface area contributed by atoms with Crippen molar-refractivity contribution in [3.8, 4) is 11.3 Å². The monoisotopic (exact) mass is 353 g/mol. The fraction of sp³-hybridized carbons (Fsp3) is 0.278. The average molecular weight is 353 g/mol. The van der Waals surface area contributed by atoms with Crippen molar-refractivity contribution in [1.29, 1.82) is 0 Å². The summed E-state index contributed by atoms with van der Waals surface area (Å²) in [6.07, 6.45) is 2.86. The van der Waals surface area contributed by atoms with Gasteiger partial charge in [0, 0.05) is 23.5 Å². The highest BCUT2D eigenvalue weighted by Crippen LogP contribution is 2.23. The van der Waals surface area contributed by atoms with E-state index in [0.29, 0.717) is 13.1 Å². The molecule has 1 aliphatic heterocycles. The number of aromatic nitrogens is 3. The minimum absolute atomic E-state index is 0.0145. The van der Waals surface area contributed by atoms with Crippen LogP contribution in [0, 0.1) is 0 Å². The molecule has 1 unspecified atom stereocenters. The van der Waals surface area contributed by atoms with Crippen LogP contribution in [0.4, 0.5) is 4.79 Å².